The lowest BCUT2D eigenvalue weighted by Crippen LogP contribution is -2.44. The molecule has 1 saturated heterocycles. The van der Waals surface area contributed by atoms with Gasteiger partial charge in [0.25, 0.3) is 5.91 Å². The molecular weight excluding hydrogens is 342 g/mol. The molecule has 0 saturated carbocycles. The smallest absolute Gasteiger partial charge is 0.257 e. The Morgan fingerprint density at radius 3 is 2.67 bits per heavy atom. The van der Waals surface area contributed by atoms with E-state index in [2.05, 4.69) is 25.7 Å². The van der Waals surface area contributed by atoms with Crippen LogP contribution in [0.1, 0.15) is 15.9 Å². The van der Waals surface area contributed by atoms with Crippen molar-refractivity contribution in [3.05, 3.63) is 41.6 Å². The van der Waals surface area contributed by atoms with Crippen LogP contribution in [0.5, 0.6) is 0 Å². The summed E-state index contributed by atoms with van der Waals surface area (Å²) >= 11 is 0. The number of nitrogens with two attached hydrogens (primary N) is 2. The highest BCUT2D eigenvalue weighted by Gasteiger charge is 2.21. The molecule has 2 aromatic carbocycles. The van der Waals surface area contributed by atoms with Gasteiger partial charge in [-0.1, -0.05) is 0 Å². The Kier molecular flexibility index (Phi) is 4.33. The van der Waals surface area contributed by atoms with Crippen LogP contribution in [0.2, 0.25) is 0 Å². The fourth-order valence-corrected chi connectivity index (χ4v) is 3.40. The summed E-state index contributed by atoms with van der Waals surface area (Å²) in [6.45, 7) is 5.30. The Morgan fingerprint density at radius 1 is 1.15 bits per heavy atom. The van der Waals surface area contributed by atoms with E-state index in [1.807, 2.05) is 19.1 Å². The Morgan fingerprint density at radius 2 is 1.89 bits per heavy atom. The van der Waals surface area contributed by atoms with Gasteiger partial charge in [0.15, 0.2) is 0 Å². The van der Waals surface area contributed by atoms with E-state index in [0.29, 0.717) is 16.9 Å². The number of benzene rings is 2. The molecule has 2 heterocycles. The number of fused-ring (bicyclic) bond motifs is 1. The largest absolute Gasteiger partial charge is 0.397 e. The maximum atomic E-state index is 13.1. The van der Waals surface area contributed by atoms with Gasteiger partial charge in [-0.2, -0.15) is 5.10 Å². The number of hydrogen-bond acceptors (Lipinski definition) is 6. The summed E-state index contributed by atoms with van der Waals surface area (Å²) < 4.78 is 0. The average molecular weight is 365 g/mol. The van der Waals surface area contributed by atoms with Crippen LogP contribution < -0.4 is 27.0 Å². The zero-order chi connectivity index (χ0) is 19.0. The predicted molar refractivity (Wildman–Crippen MR) is 109 cm³/mol. The first-order valence-corrected chi connectivity index (χ1v) is 8.92. The summed E-state index contributed by atoms with van der Waals surface area (Å²) in [5.41, 5.74) is 16.8. The van der Waals surface area contributed by atoms with E-state index in [1.165, 1.54) is 0 Å². The zero-order valence-corrected chi connectivity index (χ0v) is 15.2. The van der Waals surface area contributed by atoms with Crippen LogP contribution in [0.3, 0.4) is 0 Å². The quantitative estimate of drug-likeness (QED) is 0.450. The molecule has 3 aromatic rings. The van der Waals surface area contributed by atoms with Crippen molar-refractivity contribution >= 4 is 39.6 Å². The van der Waals surface area contributed by atoms with Crippen LogP contribution in [-0.2, 0) is 0 Å². The van der Waals surface area contributed by atoms with Gasteiger partial charge in [-0.25, -0.2) is 0 Å². The molecule has 1 aliphatic rings. The highest BCUT2D eigenvalue weighted by Crippen LogP contribution is 2.30. The predicted octanol–water partition coefficient (Wildman–Crippen LogP) is 1.70. The van der Waals surface area contributed by atoms with Gasteiger partial charge in [0.2, 0.25) is 0 Å². The molecule has 1 amide bonds. The van der Waals surface area contributed by atoms with E-state index in [9.17, 15) is 4.79 Å². The molecule has 0 radical (unpaired) electrons. The number of H-pyrrole nitrogens is 1. The van der Waals surface area contributed by atoms with E-state index < -0.39 is 0 Å². The number of piperazine rings is 1. The number of carbonyl (C=O) groups is 1. The van der Waals surface area contributed by atoms with E-state index in [4.69, 9.17) is 11.5 Å². The van der Waals surface area contributed by atoms with E-state index in [0.717, 1.165) is 54.0 Å². The number of hydrogen-bond donors (Lipinski definition) is 5. The molecule has 7 N–H and O–H groups in total. The van der Waals surface area contributed by atoms with Gasteiger partial charge in [-0.3, -0.25) is 9.89 Å². The summed E-state index contributed by atoms with van der Waals surface area (Å²) in [6, 6.07) is 7.33. The van der Waals surface area contributed by atoms with Crippen LogP contribution in [0.15, 0.2) is 30.5 Å². The molecule has 0 unspecified atom stereocenters. The van der Waals surface area contributed by atoms with Crippen LogP contribution >= 0.6 is 0 Å². The van der Waals surface area contributed by atoms with Gasteiger partial charge in [0.1, 0.15) is 0 Å². The monoisotopic (exact) mass is 365 g/mol. The molecule has 27 heavy (non-hydrogen) atoms. The van der Waals surface area contributed by atoms with Gasteiger partial charge >= 0.3 is 0 Å². The Hall–Kier alpha value is -3.26. The van der Waals surface area contributed by atoms with Crippen molar-refractivity contribution in [1.29, 1.82) is 0 Å². The number of nitrogens with one attached hydrogen (secondary N) is 3. The molecule has 8 nitrogen and oxygen atoms in total. The molecule has 4 rings (SSSR count). The molecule has 0 spiro atoms. The average Bonchev–Trinajstić information content (AvgIpc) is 3.11. The zero-order valence-electron chi connectivity index (χ0n) is 15.2. The van der Waals surface area contributed by atoms with Gasteiger partial charge in [-0.05, 0) is 36.8 Å². The molecule has 0 bridgehead atoms. The molecular formula is C19H23N7O. The standard InChI is InChI=1S/C19H23N7O/c1-11-6-12-10-23-25-17(12)9-16(11)24-19(27)13-7-14(20)15(21)8-18(13)26-4-2-22-3-5-26/h6-10,22H,2-5,20-21H2,1H3,(H,23,25)(H,24,27). The Labute approximate surface area is 156 Å². The van der Waals surface area contributed by atoms with Crippen molar-refractivity contribution in [3.8, 4) is 0 Å². The minimum absolute atomic E-state index is 0.211. The van der Waals surface area contributed by atoms with Gasteiger partial charge in [0, 0.05) is 37.3 Å². The lowest BCUT2D eigenvalue weighted by atomic mass is 10.1. The molecule has 0 aliphatic carbocycles. The number of aromatic amines is 1. The van der Waals surface area contributed by atoms with Crippen molar-refractivity contribution in [2.75, 3.05) is 47.9 Å². The highest BCUT2D eigenvalue weighted by molar-refractivity contribution is 6.10. The lowest BCUT2D eigenvalue weighted by Gasteiger charge is -2.31. The number of aryl methyl sites for hydroxylation is 1. The second-order valence-corrected chi connectivity index (χ2v) is 6.81. The van der Waals surface area contributed by atoms with Gasteiger partial charge in [0.05, 0.1) is 34.3 Å². The van der Waals surface area contributed by atoms with E-state index in [-0.39, 0.29) is 5.91 Å². The third-order valence-electron chi connectivity index (χ3n) is 4.94. The first kappa shape index (κ1) is 17.2. The summed E-state index contributed by atoms with van der Waals surface area (Å²) in [4.78, 5) is 15.3. The molecule has 1 aromatic heterocycles. The number of anilines is 4. The maximum absolute atomic E-state index is 13.1. The SMILES string of the molecule is Cc1cc2cn[nH]c2cc1NC(=O)c1cc(N)c(N)cc1N1CCNCC1. The molecule has 8 heteroatoms. The minimum Gasteiger partial charge on any atom is -0.397 e. The van der Waals surface area contributed by atoms with Crippen LogP contribution in [0, 0.1) is 6.92 Å². The first-order valence-electron chi connectivity index (χ1n) is 8.92. The van der Waals surface area contributed by atoms with Gasteiger partial charge < -0.3 is 27.0 Å². The summed E-state index contributed by atoms with van der Waals surface area (Å²) in [5.74, 6) is -0.211. The lowest BCUT2D eigenvalue weighted by molar-refractivity contribution is 0.102. The topological polar surface area (TPSA) is 125 Å². The number of rotatable bonds is 3. The van der Waals surface area contributed by atoms with E-state index in [1.54, 1.807) is 18.3 Å². The highest BCUT2D eigenvalue weighted by atomic mass is 16.1. The van der Waals surface area contributed by atoms with Crippen molar-refractivity contribution < 1.29 is 4.79 Å². The normalized spacial score (nSPS) is 14.5. The number of aromatic nitrogens is 2. The fourth-order valence-electron chi connectivity index (χ4n) is 3.40. The number of carbonyl (C=O) groups excluding carboxylic acids is 1. The van der Waals surface area contributed by atoms with Crippen LogP contribution in [-0.4, -0.2) is 42.3 Å². The van der Waals surface area contributed by atoms with Crippen molar-refractivity contribution in [1.82, 2.24) is 15.5 Å². The maximum Gasteiger partial charge on any atom is 0.257 e. The molecule has 140 valence electrons. The second kappa shape index (κ2) is 6.81. The van der Waals surface area contributed by atoms with E-state index >= 15 is 0 Å². The summed E-state index contributed by atoms with van der Waals surface area (Å²) in [6.07, 6.45) is 1.76. The summed E-state index contributed by atoms with van der Waals surface area (Å²) in [7, 11) is 0. The number of nitrogens with zero attached hydrogens (tertiary/aromatic N) is 2. The third-order valence-corrected chi connectivity index (χ3v) is 4.94. The summed E-state index contributed by atoms with van der Waals surface area (Å²) in [5, 5.41) is 14.3. The molecule has 0 atom stereocenters. The van der Waals surface area contributed by atoms with Crippen molar-refractivity contribution in [3.63, 3.8) is 0 Å². The van der Waals surface area contributed by atoms with Crippen molar-refractivity contribution in [2.24, 2.45) is 0 Å². The first-order chi connectivity index (χ1) is 13.0. The minimum atomic E-state index is -0.211. The Balaban J connectivity index is 1.69. The van der Waals surface area contributed by atoms with Crippen molar-refractivity contribution in [2.45, 2.75) is 6.92 Å². The van der Waals surface area contributed by atoms with Gasteiger partial charge in [-0.15, -0.1) is 0 Å². The fraction of sp³-hybridized carbons (Fsp3) is 0.263. The Bertz CT molecular complexity index is 1000. The molecule has 1 fully saturated rings. The van der Waals surface area contributed by atoms with Crippen LogP contribution in [0.4, 0.5) is 22.7 Å². The second-order valence-electron chi connectivity index (χ2n) is 6.81. The molecule has 1 aliphatic heterocycles. The third kappa shape index (κ3) is 3.26. The van der Waals surface area contributed by atoms with Crippen LogP contribution in [0.25, 0.3) is 10.9 Å². The number of nitrogen functional groups attached to an aromatic ring is 2. The number of amides is 1.